The summed E-state index contributed by atoms with van der Waals surface area (Å²) in [7, 11) is 0. The number of hydrogen-bond acceptors (Lipinski definition) is 2. The normalized spacial score (nSPS) is 10.5. The van der Waals surface area contributed by atoms with Crippen molar-refractivity contribution in [1.82, 2.24) is 9.97 Å². The fourth-order valence-electron chi connectivity index (χ4n) is 2.13. The van der Waals surface area contributed by atoms with E-state index in [1.165, 1.54) is 0 Å². The molecule has 5 nitrogen and oxygen atoms in total. The molecule has 0 spiro atoms. The van der Waals surface area contributed by atoms with Crippen LogP contribution in [-0.2, 0) is 0 Å². The SMILES string of the molecule is Cc1cccc(NC(=S)Nc2ccc3[nH]c(=O)[nH]c3c2)c1. The quantitative estimate of drug-likeness (QED) is 0.549. The van der Waals surface area contributed by atoms with Crippen molar-refractivity contribution in [2.45, 2.75) is 6.92 Å². The molecule has 0 atom stereocenters. The van der Waals surface area contributed by atoms with Crippen LogP contribution in [0.2, 0.25) is 0 Å². The third kappa shape index (κ3) is 3.11. The summed E-state index contributed by atoms with van der Waals surface area (Å²) in [6.45, 7) is 2.03. The third-order valence-corrected chi connectivity index (χ3v) is 3.25. The number of imidazole rings is 1. The molecular formula is C15H14N4OS. The number of benzene rings is 2. The van der Waals surface area contributed by atoms with Crippen molar-refractivity contribution in [2.24, 2.45) is 0 Å². The van der Waals surface area contributed by atoms with E-state index in [4.69, 9.17) is 12.2 Å². The highest BCUT2D eigenvalue weighted by Crippen LogP contribution is 2.15. The van der Waals surface area contributed by atoms with Crippen molar-refractivity contribution >= 4 is 39.7 Å². The first-order chi connectivity index (χ1) is 10.1. The Balaban J connectivity index is 1.75. The highest BCUT2D eigenvalue weighted by molar-refractivity contribution is 7.80. The fourth-order valence-corrected chi connectivity index (χ4v) is 2.36. The van der Waals surface area contributed by atoms with Gasteiger partial charge in [0.2, 0.25) is 0 Å². The van der Waals surface area contributed by atoms with Crippen LogP contribution >= 0.6 is 12.2 Å². The molecule has 4 N–H and O–H groups in total. The molecule has 0 aliphatic rings. The summed E-state index contributed by atoms with van der Waals surface area (Å²) in [4.78, 5) is 16.6. The smallest absolute Gasteiger partial charge is 0.323 e. The van der Waals surface area contributed by atoms with Crippen molar-refractivity contribution in [2.75, 3.05) is 10.6 Å². The van der Waals surface area contributed by atoms with E-state index in [1.54, 1.807) is 0 Å². The summed E-state index contributed by atoms with van der Waals surface area (Å²) in [5, 5.41) is 6.72. The summed E-state index contributed by atoms with van der Waals surface area (Å²) < 4.78 is 0. The van der Waals surface area contributed by atoms with Gasteiger partial charge in [-0.2, -0.15) is 0 Å². The molecule has 3 aromatic rings. The molecule has 6 heteroatoms. The van der Waals surface area contributed by atoms with E-state index >= 15 is 0 Å². The van der Waals surface area contributed by atoms with E-state index in [1.807, 2.05) is 49.4 Å². The largest absolute Gasteiger partial charge is 0.332 e. The molecule has 0 aliphatic heterocycles. The minimum Gasteiger partial charge on any atom is -0.332 e. The van der Waals surface area contributed by atoms with E-state index in [0.717, 1.165) is 28.0 Å². The van der Waals surface area contributed by atoms with Gasteiger partial charge in [-0.1, -0.05) is 12.1 Å². The standard InChI is InChI=1S/C15H14N4OS/c1-9-3-2-4-10(7-9)16-15(21)17-11-5-6-12-13(8-11)19-14(20)18-12/h2-8H,1H3,(H2,16,17,21)(H2,18,19,20). The molecule has 0 amide bonds. The summed E-state index contributed by atoms with van der Waals surface area (Å²) in [6, 6.07) is 13.5. The minimum atomic E-state index is -0.220. The van der Waals surface area contributed by atoms with Crippen LogP contribution in [0.15, 0.2) is 47.3 Å². The Hall–Kier alpha value is -2.60. The van der Waals surface area contributed by atoms with Gasteiger partial charge in [-0.05, 0) is 55.0 Å². The molecule has 0 bridgehead atoms. The number of hydrogen-bond donors (Lipinski definition) is 4. The van der Waals surface area contributed by atoms with Gasteiger partial charge in [-0.25, -0.2) is 4.79 Å². The van der Waals surface area contributed by atoms with E-state index in [0.29, 0.717) is 5.11 Å². The maximum atomic E-state index is 11.2. The zero-order valence-electron chi connectivity index (χ0n) is 11.4. The van der Waals surface area contributed by atoms with Crippen LogP contribution in [0.3, 0.4) is 0 Å². The van der Waals surface area contributed by atoms with Crippen LogP contribution in [0, 0.1) is 6.92 Å². The number of aromatic amines is 2. The van der Waals surface area contributed by atoms with E-state index in [2.05, 4.69) is 20.6 Å². The zero-order chi connectivity index (χ0) is 14.8. The molecule has 0 saturated carbocycles. The minimum absolute atomic E-state index is 0.220. The lowest BCUT2D eigenvalue weighted by Gasteiger charge is -2.11. The van der Waals surface area contributed by atoms with Crippen molar-refractivity contribution in [3.8, 4) is 0 Å². The summed E-state index contributed by atoms with van der Waals surface area (Å²) >= 11 is 5.29. The Labute approximate surface area is 126 Å². The van der Waals surface area contributed by atoms with Gasteiger partial charge in [0.25, 0.3) is 0 Å². The molecular weight excluding hydrogens is 284 g/mol. The van der Waals surface area contributed by atoms with Gasteiger partial charge in [-0.3, -0.25) is 0 Å². The molecule has 2 aromatic carbocycles. The number of nitrogens with one attached hydrogen (secondary N) is 4. The van der Waals surface area contributed by atoms with Crippen LogP contribution in [0.1, 0.15) is 5.56 Å². The number of rotatable bonds is 2. The van der Waals surface area contributed by atoms with Gasteiger partial charge in [0.05, 0.1) is 11.0 Å². The Morgan fingerprint density at radius 1 is 1.00 bits per heavy atom. The maximum absolute atomic E-state index is 11.2. The average Bonchev–Trinajstić information content (AvgIpc) is 2.78. The lowest BCUT2D eigenvalue weighted by molar-refractivity contribution is 1.22. The number of fused-ring (bicyclic) bond motifs is 1. The molecule has 3 rings (SSSR count). The van der Waals surface area contributed by atoms with Gasteiger partial charge in [0.1, 0.15) is 0 Å². The second kappa shape index (κ2) is 5.41. The van der Waals surface area contributed by atoms with E-state index in [9.17, 15) is 4.79 Å². The predicted octanol–water partition coefficient (Wildman–Crippen LogP) is 2.97. The Morgan fingerprint density at radius 3 is 2.48 bits per heavy atom. The Kier molecular flexibility index (Phi) is 3.45. The summed E-state index contributed by atoms with van der Waals surface area (Å²) in [5.74, 6) is 0. The van der Waals surface area contributed by atoms with Gasteiger partial charge in [0, 0.05) is 11.4 Å². The first-order valence-corrected chi connectivity index (χ1v) is 6.88. The van der Waals surface area contributed by atoms with Gasteiger partial charge in [0.15, 0.2) is 5.11 Å². The van der Waals surface area contributed by atoms with Crippen LogP contribution in [0.5, 0.6) is 0 Å². The van der Waals surface area contributed by atoms with Crippen molar-refractivity contribution in [3.63, 3.8) is 0 Å². The zero-order valence-corrected chi connectivity index (χ0v) is 12.2. The first kappa shape index (κ1) is 13.4. The lowest BCUT2D eigenvalue weighted by atomic mass is 10.2. The van der Waals surface area contributed by atoms with Crippen LogP contribution in [0.25, 0.3) is 11.0 Å². The van der Waals surface area contributed by atoms with Gasteiger partial charge >= 0.3 is 5.69 Å². The number of anilines is 2. The van der Waals surface area contributed by atoms with Crippen LogP contribution in [-0.4, -0.2) is 15.1 Å². The molecule has 0 aliphatic carbocycles. The molecule has 0 saturated heterocycles. The second-order valence-corrected chi connectivity index (χ2v) is 5.20. The number of H-pyrrole nitrogens is 2. The molecule has 1 aromatic heterocycles. The second-order valence-electron chi connectivity index (χ2n) is 4.79. The molecule has 0 radical (unpaired) electrons. The predicted molar refractivity (Wildman–Crippen MR) is 89.9 cm³/mol. The summed E-state index contributed by atoms with van der Waals surface area (Å²) in [6.07, 6.45) is 0. The molecule has 0 unspecified atom stereocenters. The third-order valence-electron chi connectivity index (χ3n) is 3.05. The van der Waals surface area contributed by atoms with Gasteiger partial charge < -0.3 is 20.6 Å². The van der Waals surface area contributed by atoms with Crippen molar-refractivity contribution in [1.29, 1.82) is 0 Å². The molecule has 106 valence electrons. The van der Waals surface area contributed by atoms with Crippen LogP contribution in [0.4, 0.5) is 11.4 Å². The maximum Gasteiger partial charge on any atom is 0.323 e. The molecule has 1 heterocycles. The van der Waals surface area contributed by atoms with Crippen molar-refractivity contribution in [3.05, 3.63) is 58.5 Å². The average molecular weight is 298 g/mol. The van der Waals surface area contributed by atoms with Crippen molar-refractivity contribution < 1.29 is 0 Å². The Morgan fingerprint density at radius 2 is 1.71 bits per heavy atom. The topological polar surface area (TPSA) is 72.7 Å². The fraction of sp³-hybridized carbons (Fsp3) is 0.0667. The number of thiocarbonyl (C=S) groups is 1. The first-order valence-electron chi connectivity index (χ1n) is 6.47. The monoisotopic (exact) mass is 298 g/mol. The highest BCUT2D eigenvalue weighted by Gasteiger charge is 2.02. The summed E-state index contributed by atoms with van der Waals surface area (Å²) in [5.41, 5.74) is 4.19. The van der Waals surface area contributed by atoms with Gasteiger partial charge in [-0.15, -0.1) is 0 Å². The lowest BCUT2D eigenvalue weighted by Crippen LogP contribution is -2.19. The Bertz CT molecular complexity index is 865. The van der Waals surface area contributed by atoms with E-state index < -0.39 is 0 Å². The number of aryl methyl sites for hydroxylation is 1. The molecule has 0 fully saturated rings. The molecule has 21 heavy (non-hydrogen) atoms. The highest BCUT2D eigenvalue weighted by atomic mass is 32.1. The van der Waals surface area contributed by atoms with E-state index in [-0.39, 0.29) is 5.69 Å². The van der Waals surface area contributed by atoms with Crippen LogP contribution < -0.4 is 16.3 Å². The number of aromatic nitrogens is 2.